The van der Waals surface area contributed by atoms with Gasteiger partial charge in [0, 0.05) is 6.04 Å². The molecule has 2 amide bonds. The third-order valence-electron chi connectivity index (χ3n) is 2.39. The number of nitroso groups, excluding NO2 is 1. The molecule has 0 fully saturated rings. The Morgan fingerprint density at radius 3 is 2.00 bits per heavy atom. The number of rotatable bonds is 5. The van der Waals surface area contributed by atoms with Crippen molar-refractivity contribution in [2.45, 2.75) is 50.5 Å². The van der Waals surface area contributed by atoms with E-state index in [2.05, 4.69) is 10.6 Å². The van der Waals surface area contributed by atoms with Gasteiger partial charge in [-0.05, 0) is 27.7 Å². The molecule has 0 aliphatic heterocycles. The molecule has 0 aromatic carbocycles. The summed E-state index contributed by atoms with van der Waals surface area (Å²) in [5, 5.41) is 5.42. The van der Waals surface area contributed by atoms with Gasteiger partial charge in [-0.3, -0.25) is 0 Å². The van der Waals surface area contributed by atoms with E-state index in [0.29, 0.717) is 0 Å². The van der Waals surface area contributed by atoms with Gasteiger partial charge in [0.25, 0.3) is 0 Å². The molecule has 5 nitrogen and oxygen atoms in total. The minimum absolute atomic E-state index is 0.235. The number of carbonyl (C=O) groups excluding carboxylic acids is 1. The molecule has 1 N–H and O–H groups in total. The van der Waals surface area contributed by atoms with E-state index in [1.807, 2.05) is 0 Å². The standard InChI is InChI=1S/C9H17Cl2N3O2/c1-5(10)7(3)12-9(15)14(13-16)8(4)6(2)11/h5-8H,1-4H3,(H,12,15). The zero-order valence-electron chi connectivity index (χ0n) is 9.78. The Morgan fingerprint density at radius 2 is 1.69 bits per heavy atom. The van der Waals surface area contributed by atoms with Crippen LogP contribution < -0.4 is 5.32 Å². The van der Waals surface area contributed by atoms with Crippen LogP contribution >= 0.6 is 23.2 Å². The maximum absolute atomic E-state index is 11.6. The average Bonchev–Trinajstić information content (AvgIpc) is 2.18. The fourth-order valence-corrected chi connectivity index (χ4v) is 1.04. The van der Waals surface area contributed by atoms with Crippen molar-refractivity contribution in [2.24, 2.45) is 5.29 Å². The van der Waals surface area contributed by atoms with Gasteiger partial charge in [0.2, 0.25) is 0 Å². The quantitative estimate of drug-likeness (QED) is 0.474. The molecule has 0 rings (SSSR count). The molecule has 0 spiro atoms. The Morgan fingerprint density at radius 1 is 1.19 bits per heavy atom. The van der Waals surface area contributed by atoms with Crippen LogP contribution in [0.1, 0.15) is 27.7 Å². The predicted octanol–water partition coefficient (Wildman–Crippen LogP) is 2.71. The Balaban J connectivity index is 4.49. The first-order valence-corrected chi connectivity index (χ1v) is 5.89. The Kier molecular flexibility index (Phi) is 6.67. The topological polar surface area (TPSA) is 61.8 Å². The predicted molar refractivity (Wildman–Crippen MR) is 65.7 cm³/mol. The minimum atomic E-state index is -0.588. The molecule has 94 valence electrons. The molecule has 4 atom stereocenters. The normalized spacial score (nSPS) is 18.1. The first-order valence-electron chi connectivity index (χ1n) is 5.02. The van der Waals surface area contributed by atoms with E-state index < -0.39 is 12.1 Å². The molecule has 0 aromatic rings. The highest BCUT2D eigenvalue weighted by molar-refractivity contribution is 6.21. The van der Waals surface area contributed by atoms with Crippen molar-refractivity contribution in [2.75, 3.05) is 0 Å². The van der Waals surface area contributed by atoms with Gasteiger partial charge in [-0.15, -0.1) is 28.1 Å². The van der Waals surface area contributed by atoms with Crippen LogP contribution in [-0.4, -0.2) is 33.9 Å². The van der Waals surface area contributed by atoms with Gasteiger partial charge in [-0.2, -0.15) is 5.01 Å². The number of carbonyl (C=O) groups is 1. The second kappa shape index (κ2) is 6.91. The molecule has 4 unspecified atom stereocenters. The molecular weight excluding hydrogens is 253 g/mol. The average molecular weight is 270 g/mol. The van der Waals surface area contributed by atoms with E-state index in [1.54, 1.807) is 27.7 Å². The summed E-state index contributed by atoms with van der Waals surface area (Å²) in [5.41, 5.74) is 0. The number of halogens is 2. The lowest BCUT2D eigenvalue weighted by Crippen LogP contribution is -2.48. The summed E-state index contributed by atoms with van der Waals surface area (Å²) >= 11 is 11.6. The molecule has 0 radical (unpaired) electrons. The van der Waals surface area contributed by atoms with Gasteiger partial charge >= 0.3 is 6.03 Å². The third-order valence-corrected chi connectivity index (χ3v) is 3.13. The van der Waals surface area contributed by atoms with Gasteiger partial charge in [0.1, 0.15) is 0 Å². The van der Waals surface area contributed by atoms with E-state index >= 15 is 0 Å². The number of alkyl halides is 2. The Hall–Kier alpha value is -0.550. The fourth-order valence-electron chi connectivity index (χ4n) is 0.867. The molecule has 0 saturated carbocycles. The molecule has 0 saturated heterocycles. The first-order chi connectivity index (χ1) is 7.31. The summed E-state index contributed by atoms with van der Waals surface area (Å²) in [6.45, 7) is 6.82. The van der Waals surface area contributed by atoms with Crippen LogP contribution in [0.5, 0.6) is 0 Å². The molecule has 7 heteroatoms. The van der Waals surface area contributed by atoms with Crippen molar-refractivity contribution in [1.82, 2.24) is 10.3 Å². The van der Waals surface area contributed by atoms with Crippen LogP contribution in [0.3, 0.4) is 0 Å². The van der Waals surface area contributed by atoms with Gasteiger partial charge < -0.3 is 5.32 Å². The summed E-state index contributed by atoms with van der Waals surface area (Å²) < 4.78 is 0. The molecule has 0 aliphatic rings. The molecule has 0 bridgehead atoms. The second-order valence-electron chi connectivity index (χ2n) is 3.76. The van der Waals surface area contributed by atoms with Crippen LogP contribution in [-0.2, 0) is 0 Å². The number of hydrogen-bond acceptors (Lipinski definition) is 3. The number of urea groups is 1. The van der Waals surface area contributed by atoms with Crippen LogP contribution in [0.2, 0.25) is 0 Å². The van der Waals surface area contributed by atoms with Gasteiger partial charge in [0.15, 0.2) is 0 Å². The van der Waals surface area contributed by atoms with E-state index in [-0.39, 0.29) is 16.8 Å². The van der Waals surface area contributed by atoms with Crippen molar-refractivity contribution >= 4 is 29.2 Å². The summed E-state index contributed by atoms with van der Waals surface area (Å²) in [6, 6.07) is -1.32. The monoisotopic (exact) mass is 269 g/mol. The molecule has 0 aliphatic carbocycles. The van der Waals surface area contributed by atoms with Crippen LogP contribution in [0.25, 0.3) is 0 Å². The molecular formula is C9H17Cl2N3O2. The SMILES string of the molecule is CC(Cl)C(C)NC(=O)N(N=O)C(C)C(C)Cl. The first kappa shape index (κ1) is 15.4. The number of nitrogens with one attached hydrogen (secondary N) is 1. The van der Waals surface area contributed by atoms with Crippen LogP contribution in [0.4, 0.5) is 4.79 Å². The summed E-state index contributed by atoms with van der Waals surface area (Å²) in [5.74, 6) is 0. The Bertz CT molecular complexity index is 249. The minimum Gasteiger partial charge on any atom is -0.332 e. The lowest BCUT2D eigenvalue weighted by Gasteiger charge is -2.25. The highest BCUT2D eigenvalue weighted by atomic mass is 35.5. The highest BCUT2D eigenvalue weighted by Gasteiger charge is 2.26. The van der Waals surface area contributed by atoms with Crippen molar-refractivity contribution in [1.29, 1.82) is 0 Å². The molecule has 0 heterocycles. The van der Waals surface area contributed by atoms with Crippen molar-refractivity contribution in [3.05, 3.63) is 4.91 Å². The van der Waals surface area contributed by atoms with Crippen molar-refractivity contribution < 1.29 is 4.79 Å². The summed E-state index contributed by atoms with van der Waals surface area (Å²) in [6.07, 6.45) is 0. The van der Waals surface area contributed by atoms with Crippen LogP contribution in [0.15, 0.2) is 5.29 Å². The fraction of sp³-hybridized carbons (Fsp3) is 0.889. The molecule has 0 aromatic heterocycles. The number of amides is 2. The maximum atomic E-state index is 11.6. The van der Waals surface area contributed by atoms with Gasteiger partial charge in [-0.1, -0.05) is 0 Å². The zero-order valence-corrected chi connectivity index (χ0v) is 11.3. The highest BCUT2D eigenvalue weighted by Crippen LogP contribution is 2.11. The van der Waals surface area contributed by atoms with E-state index in [0.717, 1.165) is 5.01 Å². The summed E-state index contributed by atoms with van der Waals surface area (Å²) in [7, 11) is 0. The molecule has 16 heavy (non-hydrogen) atoms. The zero-order chi connectivity index (χ0) is 12.9. The van der Waals surface area contributed by atoms with Gasteiger partial charge in [0.05, 0.1) is 22.1 Å². The van der Waals surface area contributed by atoms with Crippen LogP contribution in [0, 0.1) is 4.91 Å². The van der Waals surface area contributed by atoms with E-state index in [9.17, 15) is 9.70 Å². The largest absolute Gasteiger partial charge is 0.340 e. The lowest BCUT2D eigenvalue weighted by atomic mass is 10.2. The smallest absolute Gasteiger partial charge is 0.332 e. The third kappa shape index (κ3) is 4.53. The Labute approximate surface area is 105 Å². The van der Waals surface area contributed by atoms with Gasteiger partial charge in [-0.25, -0.2) is 4.79 Å². The summed E-state index contributed by atoms with van der Waals surface area (Å²) in [4.78, 5) is 22.2. The van der Waals surface area contributed by atoms with Crippen molar-refractivity contribution in [3.63, 3.8) is 0 Å². The van der Waals surface area contributed by atoms with E-state index in [1.165, 1.54) is 0 Å². The van der Waals surface area contributed by atoms with Crippen molar-refractivity contribution in [3.8, 4) is 0 Å². The van der Waals surface area contributed by atoms with E-state index in [4.69, 9.17) is 23.2 Å². The lowest BCUT2D eigenvalue weighted by molar-refractivity contribution is 0.176. The number of hydrogen-bond donors (Lipinski definition) is 1. The second-order valence-corrected chi connectivity index (χ2v) is 5.14. The number of nitrogens with zero attached hydrogens (tertiary/aromatic N) is 2. The maximum Gasteiger partial charge on any atom is 0.340 e.